The van der Waals surface area contributed by atoms with E-state index in [-0.39, 0.29) is 29.0 Å². The molecule has 2 N–H and O–H groups in total. The number of carbonyl (C=O) groups excluding carboxylic acids is 2. The average Bonchev–Trinajstić information content (AvgIpc) is 3.42. The maximum Gasteiger partial charge on any atom is 0.283 e. The van der Waals surface area contributed by atoms with E-state index in [0.717, 1.165) is 34.7 Å². The van der Waals surface area contributed by atoms with E-state index < -0.39 is 10.8 Å². The summed E-state index contributed by atoms with van der Waals surface area (Å²) < 4.78 is 0. The van der Waals surface area contributed by atoms with Crippen molar-refractivity contribution in [2.45, 2.75) is 17.4 Å². The Bertz CT molecular complexity index is 1110. The van der Waals surface area contributed by atoms with E-state index in [0.29, 0.717) is 11.4 Å². The van der Waals surface area contributed by atoms with Crippen LogP contribution in [-0.4, -0.2) is 33.9 Å². The molecule has 0 saturated heterocycles. The van der Waals surface area contributed by atoms with Gasteiger partial charge >= 0.3 is 0 Å². The van der Waals surface area contributed by atoms with E-state index in [9.17, 15) is 19.7 Å². The summed E-state index contributed by atoms with van der Waals surface area (Å²) in [6.07, 6.45) is 0.804. The van der Waals surface area contributed by atoms with Gasteiger partial charge in [-0.15, -0.1) is 34.4 Å². The fraction of sp³-hybridized carbons (Fsp3) is 0.200. The number of benzene rings is 1. The first-order valence-electron chi connectivity index (χ1n) is 9.06. The Morgan fingerprint density at radius 1 is 1.23 bits per heavy atom. The molecule has 1 unspecified atom stereocenters. The van der Waals surface area contributed by atoms with Crippen LogP contribution in [0.3, 0.4) is 0 Å². The number of thioether (sulfide) groups is 1. The molecular formula is C20H17N3O4S3. The largest absolute Gasteiger partial charge is 0.366 e. The summed E-state index contributed by atoms with van der Waals surface area (Å²) in [6, 6.07) is 10.0. The number of thiophene rings is 2. The molecule has 0 aliphatic carbocycles. The highest BCUT2D eigenvalue weighted by Gasteiger charge is 2.33. The predicted octanol–water partition coefficient (Wildman–Crippen LogP) is 4.08. The lowest BCUT2D eigenvalue weighted by molar-refractivity contribution is -0.387. The highest BCUT2D eigenvalue weighted by atomic mass is 32.2. The number of nitro groups is 1. The average molecular weight is 460 g/mol. The van der Waals surface area contributed by atoms with Gasteiger partial charge in [-0.25, -0.2) is 0 Å². The Labute approximate surface area is 184 Å². The van der Waals surface area contributed by atoms with Gasteiger partial charge in [-0.05, 0) is 47.0 Å². The quantitative estimate of drug-likeness (QED) is 0.340. The van der Waals surface area contributed by atoms with E-state index in [1.807, 2.05) is 22.4 Å². The van der Waals surface area contributed by atoms with Crippen molar-refractivity contribution in [2.24, 2.45) is 5.73 Å². The first-order valence-corrected chi connectivity index (χ1v) is 11.8. The van der Waals surface area contributed by atoms with Crippen LogP contribution in [-0.2, 0) is 11.2 Å². The summed E-state index contributed by atoms with van der Waals surface area (Å²) in [7, 11) is 0. The van der Waals surface area contributed by atoms with Crippen molar-refractivity contribution in [1.82, 2.24) is 4.90 Å². The first kappa shape index (κ1) is 20.6. The van der Waals surface area contributed by atoms with Crippen LogP contribution >= 0.6 is 34.4 Å². The normalized spacial score (nSPS) is 15.6. The number of amides is 2. The zero-order valence-electron chi connectivity index (χ0n) is 15.6. The van der Waals surface area contributed by atoms with Crippen LogP contribution in [0, 0.1) is 10.1 Å². The van der Waals surface area contributed by atoms with Crippen LogP contribution in [0.2, 0.25) is 0 Å². The summed E-state index contributed by atoms with van der Waals surface area (Å²) in [6.45, 7) is 0.609. The molecule has 0 radical (unpaired) electrons. The summed E-state index contributed by atoms with van der Waals surface area (Å²) in [5, 5.41) is 15.5. The van der Waals surface area contributed by atoms with Crippen LogP contribution in [0.4, 0.5) is 5.69 Å². The van der Waals surface area contributed by atoms with Gasteiger partial charge in [0, 0.05) is 27.9 Å². The van der Waals surface area contributed by atoms with Crippen LogP contribution in [0.1, 0.15) is 31.7 Å². The Balaban J connectivity index is 1.56. The van der Waals surface area contributed by atoms with E-state index in [4.69, 9.17) is 5.73 Å². The Kier molecular flexibility index (Phi) is 5.89. The maximum atomic E-state index is 13.1. The summed E-state index contributed by atoms with van der Waals surface area (Å²) in [5.74, 6) is -0.745. The molecule has 0 fully saturated rings. The minimum absolute atomic E-state index is 0.0659. The molecule has 1 atom stereocenters. The molecule has 0 spiro atoms. The lowest BCUT2D eigenvalue weighted by Gasteiger charge is -2.35. The molecule has 2 aromatic heterocycles. The van der Waals surface area contributed by atoms with Crippen LogP contribution in [0.25, 0.3) is 0 Å². The highest BCUT2D eigenvalue weighted by Crippen LogP contribution is 2.40. The van der Waals surface area contributed by atoms with Gasteiger partial charge in [0.05, 0.1) is 21.6 Å². The molecule has 10 heteroatoms. The van der Waals surface area contributed by atoms with Crippen molar-refractivity contribution in [2.75, 3.05) is 12.3 Å². The van der Waals surface area contributed by atoms with Gasteiger partial charge in [0.1, 0.15) is 0 Å². The maximum absolute atomic E-state index is 13.1. The Morgan fingerprint density at radius 3 is 2.77 bits per heavy atom. The second-order valence-electron chi connectivity index (χ2n) is 6.65. The van der Waals surface area contributed by atoms with Gasteiger partial charge in [0.15, 0.2) is 0 Å². The molecule has 3 heterocycles. The standard InChI is InChI=1S/C20H17N3O4S3/c21-20(25)12-3-4-16(14(10-12)23(26)27)30-11-18(24)22-7-5-15-13(6-9-29-15)19(22)17-2-1-8-28-17/h1-4,6,8-10,19H,5,7,11H2,(H2,21,25). The van der Waals surface area contributed by atoms with E-state index in [1.165, 1.54) is 17.0 Å². The zero-order valence-corrected chi connectivity index (χ0v) is 18.1. The molecule has 2 amide bonds. The number of hydrogen-bond acceptors (Lipinski definition) is 7. The van der Waals surface area contributed by atoms with Crippen molar-refractivity contribution < 1.29 is 14.5 Å². The van der Waals surface area contributed by atoms with Crippen molar-refractivity contribution in [1.29, 1.82) is 0 Å². The second-order valence-corrected chi connectivity index (χ2v) is 9.64. The molecule has 4 rings (SSSR count). The van der Waals surface area contributed by atoms with Gasteiger partial charge < -0.3 is 10.6 Å². The molecule has 0 saturated carbocycles. The molecule has 1 aliphatic rings. The monoisotopic (exact) mass is 459 g/mol. The number of hydrogen-bond donors (Lipinski definition) is 1. The number of rotatable bonds is 6. The molecule has 7 nitrogen and oxygen atoms in total. The van der Waals surface area contributed by atoms with Gasteiger partial charge in [0.2, 0.25) is 11.8 Å². The summed E-state index contributed by atoms with van der Waals surface area (Å²) in [4.78, 5) is 39.9. The summed E-state index contributed by atoms with van der Waals surface area (Å²) in [5.41, 5.74) is 6.21. The third kappa shape index (κ3) is 3.98. The van der Waals surface area contributed by atoms with Crippen molar-refractivity contribution in [3.8, 4) is 0 Å². The van der Waals surface area contributed by atoms with Gasteiger partial charge in [-0.1, -0.05) is 6.07 Å². The summed E-state index contributed by atoms with van der Waals surface area (Å²) >= 11 is 4.42. The number of carbonyl (C=O) groups is 2. The second kappa shape index (κ2) is 8.58. The number of fused-ring (bicyclic) bond motifs is 1. The van der Waals surface area contributed by atoms with Gasteiger partial charge in [0.25, 0.3) is 5.69 Å². The molecule has 154 valence electrons. The third-order valence-corrected chi connectivity index (χ3v) is 7.86. The van der Waals surface area contributed by atoms with E-state index >= 15 is 0 Å². The first-order chi connectivity index (χ1) is 14.5. The molecule has 1 aromatic carbocycles. The fourth-order valence-electron chi connectivity index (χ4n) is 3.50. The lowest BCUT2D eigenvalue weighted by Crippen LogP contribution is -2.40. The van der Waals surface area contributed by atoms with Crippen molar-refractivity contribution in [3.63, 3.8) is 0 Å². The highest BCUT2D eigenvalue weighted by molar-refractivity contribution is 8.00. The van der Waals surface area contributed by atoms with Crippen molar-refractivity contribution in [3.05, 3.63) is 78.2 Å². The van der Waals surface area contributed by atoms with Crippen molar-refractivity contribution >= 4 is 51.9 Å². The van der Waals surface area contributed by atoms with Crippen LogP contribution < -0.4 is 5.73 Å². The molecular weight excluding hydrogens is 442 g/mol. The molecule has 3 aromatic rings. The zero-order chi connectivity index (χ0) is 21.3. The van der Waals surface area contributed by atoms with Crippen LogP contribution in [0.5, 0.6) is 0 Å². The molecule has 1 aliphatic heterocycles. The number of nitrogens with zero attached hydrogens (tertiary/aromatic N) is 2. The van der Waals surface area contributed by atoms with E-state index in [1.54, 1.807) is 22.7 Å². The minimum Gasteiger partial charge on any atom is -0.366 e. The number of nitro benzene ring substituents is 1. The van der Waals surface area contributed by atoms with E-state index in [2.05, 4.69) is 11.4 Å². The fourth-order valence-corrected chi connectivity index (χ4v) is 6.15. The SMILES string of the molecule is NC(=O)c1ccc(SCC(=O)N2CCc3sccc3C2c2cccs2)c([N+](=O)[O-])c1. The molecule has 0 bridgehead atoms. The third-order valence-electron chi connectivity index (χ3n) is 4.89. The molecule has 30 heavy (non-hydrogen) atoms. The Hall–Kier alpha value is -2.69. The smallest absolute Gasteiger partial charge is 0.283 e. The minimum atomic E-state index is -0.732. The lowest BCUT2D eigenvalue weighted by atomic mass is 9.98. The van der Waals surface area contributed by atoms with Crippen LogP contribution in [0.15, 0.2) is 52.1 Å². The topological polar surface area (TPSA) is 107 Å². The number of primary amides is 1. The van der Waals surface area contributed by atoms with Gasteiger partial charge in [-0.2, -0.15) is 0 Å². The van der Waals surface area contributed by atoms with Gasteiger partial charge in [-0.3, -0.25) is 19.7 Å². The predicted molar refractivity (Wildman–Crippen MR) is 118 cm³/mol. The number of nitrogens with two attached hydrogens (primary N) is 1. The Morgan fingerprint density at radius 2 is 2.07 bits per heavy atom.